The minimum Gasteiger partial charge on any atom is -0.0616 e. The quantitative estimate of drug-likeness (QED) is 0.159. The number of allylic oxidation sites excluding steroid dienone is 2. The molecule has 274 valence electrons. The molecule has 0 N–H and O–H groups in total. The number of hydrogen-bond donors (Lipinski definition) is 0. The lowest BCUT2D eigenvalue weighted by Gasteiger charge is -2.33. The summed E-state index contributed by atoms with van der Waals surface area (Å²) in [5.41, 5.74) is 17.9. The van der Waals surface area contributed by atoms with Gasteiger partial charge in [0.2, 0.25) is 0 Å². The predicted octanol–water partition coefficient (Wildman–Crippen LogP) is 14.9. The van der Waals surface area contributed by atoms with Crippen molar-refractivity contribution in [1.82, 2.24) is 0 Å². The van der Waals surface area contributed by atoms with Crippen LogP contribution in [0.1, 0.15) is 139 Å². The van der Waals surface area contributed by atoms with E-state index in [1.807, 2.05) is 0 Å². The molecule has 0 spiro atoms. The Bertz CT molecular complexity index is 1890. The zero-order valence-electron chi connectivity index (χ0n) is 34.0. The smallest absolute Gasteiger partial charge is 0.0616 e. The molecule has 2 radical (unpaired) electrons. The first kappa shape index (κ1) is 36.5. The Hall–Kier alpha value is -3.42. The van der Waals surface area contributed by atoms with Crippen molar-refractivity contribution < 1.29 is 0 Å². The Morgan fingerprint density at radius 3 is 1.19 bits per heavy atom. The largest absolute Gasteiger partial charge is 0.113 e. The molecule has 0 aliphatic heterocycles. The maximum absolute atomic E-state index is 2.73. The molecule has 4 aromatic carbocycles. The molecule has 2 saturated carbocycles. The third-order valence-corrected chi connectivity index (χ3v) is 17.0. The van der Waals surface area contributed by atoms with E-state index in [2.05, 4.69) is 152 Å². The molecule has 0 nitrogen and oxygen atoms in total. The van der Waals surface area contributed by atoms with Crippen molar-refractivity contribution in [2.75, 3.05) is 0 Å². The molecule has 53 heavy (non-hydrogen) atoms. The van der Waals surface area contributed by atoms with Gasteiger partial charge in [-0.1, -0.05) is 202 Å². The summed E-state index contributed by atoms with van der Waals surface area (Å²) in [4.78, 5) is 0. The Balaban J connectivity index is 1.32. The fourth-order valence-corrected chi connectivity index (χ4v) is 14.5. The molecule has 4 aliphatic carbocycles. The molecular weight excluding hydrogens is 653 g/mol. The van der Waals surface area contributed by atoms with Crippen molar-refractivity contribution in [3.63, 3.8) is 0 Å². The first-order valence-corrected chi connectivity index (χ1v) is 23.9. The van der Waals surface area contributed by atoms with Crippen molar-refractivity contribution in [3.05, 3.63) is 142 Å². The van der Waals surface area contributed by atoms with E-state index in [0.29, 0.717) is 0 Å². The van der Waals surface area contributed by atoms with Crippen LogP contribution in [0.4, 0.5) is 0 Å². The van der Waals surface area contributed by atoms with E-state index < -0.39 is 8.07 Å². The van der Waals surface area contributed by atoms with Gasteiger partial charge in [-0.05, 0) is 102 Å². The van der Waals surface area contributed by atoms with E-state index in [1.54, 1.807) is 21.5 Å². The van der Waals surface area contributed by atoms with Crippen molar-refractivity contribution in [2.24, 2.45) is 11.8 Å². The Morgan fingerprint density at radius 1 is 0.491 bits per heavy atom. The average molecular weight is 715 g/mol. The lowest BCUT2D eigenvalue weighted by atomic mass is 9.86. The first-order chi connectivity index (χ1) is 25.3. The molecule has 0 amide bonds. The van der Waals surface area contributed by atoms with E-state index in [1.165, 1.54) is 120 Å². The van der Waals surface area contributed by atoms with Gasteiger partial charge in [0.25, 0.3) is 0 Å². The summed E-state index contributed by atoms with van der Waals surface area (Å²) < 4.78 is 0. The van der Waals surface area contributed by atoms with Crippen LogP contribution in [0, 0.1) is 24.7 Å². The molecule has 0 heterocycles. The fraction of sp³-hybridized carbons (Fsp3) is 0.423. The van der Waals surface area contributed by atoms with Gasteiger partial charge in [-0.3, -0.25) is 0 Å². The van der Waals surface area contributed by atoms with Crippen LogP contribution >= 0.6 is 0 Å². The number of benzene rings is 4. The predicted molar refractivity (Wildman–Crippen MR) is 232 cm³/mol. The maximum atomic E-state index is 2.73. The van der Waals surface area contributed by atoms with Gasteiger partial charge in [0.1, 0.15) is 8.07 Å². The lowest BCUT2D eigenvalue weighted by Crippen LogP contribution is -2.32. The zero-order valence-corrected chi connectivity index (χ0v) is 35.0. The molecule has 0 aromatic heterocycles. The summed E-state index contributed by atoms with van der Waals surface area (Å²) in [6, 6.07) is 33.4. The summed E-state index contributed by atoms with van der Waals surface area (Å²) >= 11 is 0. The zero-order chi connectivity index (χ0) is 37.1. The second kappa shape index (κ2) is 14.0. The monoisotopic (exact) mass is 714 g/mol. The van der Waals surface area contributed by atoms with Gasteiger partial charge in [-0.25, -0.2) is 0 Å². The second-order valence-electron chi connectivity index (χ2n) is 19.6. The summed E-state index contributed by atoms with van der Waals surface area (Å²) in [6.45, 7) is 19.4. The third-order valence-electron chi connectivity index (χ3n) is 13.3. The highest BCUT2D eigenvalue weighted by Gasteiger charge is 2.44. The highest BCUT2D eigenvalue weighted by Crippen LogP contribution is 2.56. The minimum absolute atomic E-state index is 0.138. The third kappa shape index (κ3) is 7.01. The summed E-state index contributed by atoms with van der Waals surface area (Å²) in [5.74, 6) is 1.60. The Morgan fingerprint density at radius 2 is 0.849 bits per heavy atom. The van der Waals surface area contributed by atoms with E-state index in [-0.39, 0.29) is 10.8 Å². The Kier molecular flexibility index (Phi) is 9.66. The van der Waals surface area contributed by atoms with Crippen molar-refractivity contribution in [3.8, 4) is 22.3 Å². The Labute approximate surface area is 323 Å². The first-order valence-electron chi connectivity index (χ1n) is 20.9. The number of fused-ring (bicyclic) bond motifs is 2. The van der Waals surface area contributed by atoms with E-state index >= 15 is 0 Å². The summed E-state index contributed by atoms with van der Waals surface area (Å²) in [6.07, 6.45) is 18.8. The van der Waals surface area contributed by atoms with Gasteiger partial charge in [-0.2, -0.15) is 0 Å². The standard InChI is InChI=1S/C52H62Si/c1-51(2,3)43-27-23-37(24-28-43)45-21-13-19-39-33-41(31-35-15-9-10-16-35)49(47(39)45)53(7,8)50-42(32-36-17-11-12-18-36)34-40-20-14-22-46(48(40)50)38-25-29-44(30-26-38)52(4,5)6/h13-14,19-30,33-36H,9-12,15-18,31-32H2,1-8H3. The van der Waals surface area contributed by atoms with Crippen LogP contribution in [-0.4, -0.2) is 8.07 Å². The molecule has 0 unspecified atom stereocenters. The van der Waals surface area contributed by atoms with Crippen LogP contribution in [0.15, 0.2) is 96.1 Å². The molecule has 0 saturated heterocycles. The van der Waals surface area contributed by atoms with Crippen molar-refractivity contribution in [2.45, 2.75) is 130 Å². The SMILES string of the molecule is CC(C)(C)c1ccc(-c2cccc3c2C([Si](C)(C)C2=C(CC4CCCC4)[CH]c4cccc(-c5ccc(C(C)(C)C)cc5)c42)=C(CC2CCCC2)[CH]3)cc1. The van der Waals surface area contributed by atoms with Crippen LogP contribution in [0.25, 0.3) is 32.6 Å². The molecule has 2 fully saturated rings. The fourth-order valence-electron chi connectivity index (χ4n) is 10.5. The molecule has 0 atom stereocenters. The van der Waals surface area contributed by atoms with E-state index in [4.69, 9.17) is 0 Å². The lowest BCUT2D eigenvalue weighted by molar-refractivity contribution is 0.547. The van der Waals surface area contributed by atoms with E-state index in [9.17, 15) is 0 Å². The minimum atomic E-state index is -2.32. The van der Waals surface area contributed by atoms with Gasteiger partial charge < -0.3 is 0 Å². The topological polar surface area (TPSA) is 0 Å². The van der Waals surface area contributed by atoms with Crippen LogP contribution in [0.2, 0.25) is 13.1 Å². The molecular formula is C52H62Si. The van der Waals surface area contributed by atoms with Crippen molar-refractivity contribution in [1.29, 1.82) is 0 Å². The van der Waals surface area contributed by atoms with Crippen LogP contribution in [0.5, 0.6) is 0 Å². The highest BCUT2D eigenvalue weighted by atomic mass is 28.3. The van der Waals surface area contributed by atoms with Gasteiger partial charge in [0, 0.05) is 12.8 Å². The average Bonchev–Trinajstić information content (AvgIpc) is 3.94. The van der Waals surface area contributed by atoms with Gasteiger partial charge in [-0.15, -0.1) is 0 Å². The molecule has 0 bridgehead atoms. The molecule has 8 rings (SSSR count). The number of rotatable bonds is 8. The van der Waals surface area contributed by atoms with Gasteiger partial charge in [0.05, 0.1) is 0 Å². The second-order valence-corrected chi connectivity index (χ2v) is 23.9. The maximum Gasteiger partial charge on any atom is 0.113 e. The molecule has 4 aliphatic rings. The van der Waals surface area contributed by atoms with Gasteiger partial charge >= 0.3 is 0 Å². The van der Waals surface area contributed by atoms with Crippen LogP contribution < -0.4 is 0 Å². The van der Waals surface area contributed by atoms with Crippen LogP contribution in [0.3, 0.4) is 0 Å². The van der Waals surface area contributed by atoms with Gasteiger partial charge in [0.15, 0.2) is 0 Å². The van der Waals surface area contributed by atoms with Crippen molar-refractivity contribution >= 4 is 18.5 Å². The normalized spacial score (nSPS) is 18.4. The number of hydrogen-bond acceptors (Lipinski definition) is 0. The molecule has 4 aromatic rings. The summed E-state index contributed by atoms with van der Waals surface area (Å²) in [5, 5.41) is 3.43. The van der Waals surface area contributed by atoms with Crippen LogP contribution in [-0.2, 0) is 10.8 Å². The molecule has 1 heteroatoms. The van der Waals surface area contributed by atoms with E-state index in [0.717, 1.165) is 11.8 Å². The highest BCUT2D eigenvalue weighted by molar-refractivity contribution is 7.09. The summed E-state index contributed by atoms with van der Waals surface area (Å²) in [7, 11) is -2.32.